The van der Waals surface area contributed by atoms with Gasteiger partial charge in [-0.3, -0.25) is 4.79 Å². The van der Waals surface area contributed by atoms with E-state index in [1.807, 2.05) is 36.4 Å². The van der Waals surface area contributed by atoms with Gasteiger partial charge in [-0.1, -0.05) is 48.0 Å². The molecule has 1 aliphatic rings. The highest BCUT2D eigenvalue weighted by molar-refractivity contribution is 6.31. The minimum Gasteiger partial charge on any atom is -0.377 e. The highest BCUT2D eigenvalue weighted by Gasteiger charge is 2.29. The monoisotopic (exact) mass is 325 g/mol. The molecular formula is C19H13ClFNO. The summed E-state index contributed by atoms with van der Waals surface area (Å²) in [5.74, 6) is -0.396. The molecule has 0 aliphatic carbocycles. The van der Waals surface area contributed by atoms with Crippen LogP contribution in [-0.2, 0) is 0 Å². The highest BCUT2D eigenvalue weighted by atomic mass is 35.5. The Bertz CT molecular complexity index is 918. The lowest BCUT2D eigenvalue weighted by Gasteiger charge is -2.28. The normalized spacial score (nSPS) is 17.0. The largest absolute Gasteiger partial charge is 0.377 e. The Morgan fingerprint density at radius 3 is 2.70 bits per heavy atom. The fourth-order valence-corrected chi connectivity index (χ4v) is 3.53. The number of benzene rings is 3. The topological polar surface area (TPSA) is 29.1 Å². The Morgan fingerprint density at radius 2 is 1.87 bits per heavy atom. The first-order valence-electron chi connectivity index (χ1n) is 7.40. The molecule has 0 aromatic heterocycles. The van der Waals surface area contributed by atoms with E-state index in [0.717, 1.165) is 16.5 Å². The van der Waals surface area contributed by atoms with Crippen LogP contribution in [-0.4, -0.2) is 5.78 Å². The van der Waals surface area contributed by atoms with Crippen LogP contribution in [0.2, 0.25) is 5.02 Å². The molecule has 2 nitrogen and oxygen atoms in total. The Hall–Kier alpha value is -2.39. The predicted octanol–water partition coefficient (Wildman–Crippen LogP) is 5.37. The molecule has 3 aromatic carbocycles. The zero-order valence-electron chi connectivity index (χ0n) is 12.1. The molecule has 0 amide bonds. The molecule has 0 spiro atoms. The van der Waals surface area contributed by atoms with Crippen LogP contribution >= 0.6 is 11.6 Å². The third kappa shape index (κ3) is 2.28. The minimum atomic E-state index is -0.454. The number of nitrogens with one attached hydrogen (secondary N) is 1. The molecule has 4 rings (SSSR count). The molecule has 0 saturated carbocycles. The van der Waals surface area contributed by atoms with Gasteiger partial charge < -0.3 is 5.32 Å². The Labute approximate surface area is 137 Å². The number of ketones is 1. The van der Waals surface area contributed by atoms with Crippen molar-refractivity contribution in [2.24, 2.45) is 0 Å². The summed E-state index contributed by atoms with van der Waals surface area (Å²) in [6, 6.07) is 15.7. The fraction of sp³-hybridized carbons (Fsp3) is 0.105. The minimum absolute atomic E-state index is 0.000121. The maximum Gasteiger partial charge on any atom is 0.167 e. The van der Waals surface area contributed by atoms with E-state index in [1.165, 1.54) is 6.07 Å². The summed E-state index contributed by atoms with van der Waals surface area (Å²) >= 11 is 6.14. The third-order valence-corrected chi connectivity index (χ3v) is 4.60. The second-order valence-electron chi connectivity index (χ2n) is 5.67. The average Bonchev–Trinajstić information content (AvgIpc) is 2.54. The van der Waals surface area contributed by atoms with Gasteiger partial charge in [0.05, 0.1) is 6.04 Å². The third-order valence-electron chi connectivity index (χ3n) is 4.28. The van der Waals surface area contributed by atoms with Crippen LogP contribution in [0.3, 0.4) is 0 Å². The van der Waals surface area contributed by atoms with Crippen molar-refractivity contribution < 1.29 is 9.18 Å². The van der Waals surface area contributed by atoms with Crippen molar-refractivity contribution in [1.82, 2.24) is 0 Å². The zero-order chi connectivity index (χ0) is 16.0. The number of carbonyl (C=O) groups is 1. The van der Waals surface area contributed by atoms with Crippen LogP contribution in [0.4, 0.5) is 10.1 Å². The smallest absolute Gasteiger partial charge is 0.167 e. The van der Waals surface area contributed by atoms with Crippen molar-refractivity contribution in [1.29, 1.82) is 0 Å². The van der Waals surface area contributed by atoms with Gasteiger partial charge in [-0.05, 0) is 29.0 Å². The molecule has 23 heavy (non-hydrogen) atoms. The molecule has 1 heterocycles. The van der Waals surface area contributed by atoms with Crippen molar-refractivity contribution in [2.75, 3.05) is 5.32 Å². The van der Waals surface area contributed by atoms with Gasteiger partial charge in [-0.25, -0.2) is 4.39 Å². The van der Waals surface area contributed by atoms with Crippen molar-refractivity contribution in [3.63, 3.8) is 0 Å². The summed E-state index contributed by atoms with van der Waals surface area (Å²) in [7, 11) is 0. The van der Waals surface area contributed by atoms with Crippen LogP contribution in [0.25, 0.3) is 10.8 Å². The first-order chi connectivity index (χ1) is 11.1. The summed E-state index contributed by atoms with van der Waals surface area (Å²) in [6.07, 6.45) is 0.182. The van der Waals surface area contributed by atoms with Gasteiger partial charge in [0, 0.05) is 28.3 Å². The molecule has 114 valence electrons. The lowest BCUT2D eigenvalue weighted by molar-refractivity contribution is 0.0973. The zero-order valence-corrected chi connectivity index (χ0v) is 12.9. The van der Waals surface area contributed by atoms with E-state index in [4.69, 9.17) is 11.6 Å². The standard InChI is InChI=1S/C19H13ClFNO/c20-13-6-3-7-14(21)19(13)16-10-17(23)18-12-5-2-1-4-11(12)8-9-15(18)22-16/h1-9,16,22H,10H2/t16-/m1/s1. The van der Waals surface area contributed by atoms with Gasteiger partial charge >= 0.3 is 0 Å². The van der Waals surface area contributed by atoms with Gasteiger partial charge in [0.25, 0.3) is 0 Å². The molecule has 3 aromatic rings. The van der Waals surface area contributed by atoms with Gasteiger partial charge in [-0.15, -0.1) is 0 Å². The van der Waals surface area contributed by atoms with E-state index in [1.54, 1.807) is 12.1 Å². The van der Waals surface area contributed by atoms with Crippen LogP contribution < -0.4 is 5.32 Å². The second-order valence-corrected chi connectivity index (χ2v) is 6.08. The van der Waals surface area contributed by atoms with Crippen LogP contribution in [0.1, 0.15) is 28.4 Å². The fourth-order valence-electron chi connectivity index (χ4n) is 3.24. The number of fused-ring (bicyclic) bond motifs is 3. The maximum atomic E-state index is 14.2. The highest BCUT2D eigenvalue weighted by Crippen LogP contribution is 2.39. The summed E-state index contributed by atoms with van der Waals surface area (Å²) < 4.78 is 14.2. The first-order valence-corrected chi connectivity index (χ1v) is 7.78. The summed E-state index contributed by atoms with van der Waals surface area (Å²) in [6.45, 7) is 0. The molecule has 0 bridgehead atoms. The molecule has 0 fully saturated rings. The van der Waals surface area contributed by atoms with E-state index < -0.39 is 11.9 Å². The van der Waals surface area contributed by atoms with Crippen LogP contribution in [0.5, 0.6) is 0 Å². The molecule has 4 heteroatoms. The van der Waals surface area contributed by atoms with E-state index in [9.17, 15) is 9.18 Å². The van der Waals surface area contributed by atoms with Crippen molar-refractivity contribution in [3.05, 3.63) is 76.6 Å². The Morgan fingerprint density at radius 1 is 1.04 bits per heavy atom. The Kier molecular flexibility index (Phi) is 3.31. The number of Topliss-reactive ketones (excluding diaryl/α,β-unsaturated/α-hetero) is 1. The van der Waals surface area contributed by atoms with E-state index in [0.29, 0.717) is 16.1 Å². The number of halogens is 2. The molecule has 1 atom stereocenters. The summed E-state index contributed by atoms with van der Waals surface area (Å²) in [4.78, 5) is 12.7. The van der Waals surface area contributed by atoms with Crippen LogP contribution in [0, 0.1) is 5.82 Å². The maximum absolute atomic E-state index is 14.2. The van der Waals surface area contributed by atoms with Crippen molar-refractivity contribution in [3.8, 4) is 0 Å². The van der Waals surface area contributed by atoms with Crippen molar-refractivity contribution >= 4 is 33.8 Å². The van der Waals surface area contributed by atoms with Crippen LogP contribution in [0.15, 0.2) is 54.6 Å². The molecular weight excluding hydrogens is 313 g/mol. The molecule has 1 N–H and O–H groups in total. The average molecular weight is 326 g/mol. The SMILES string of the molecule is O=C1C[C@H](c2c(F)cccc2Cl)Nc2ccc3ccccc3c21. The number of hydrogen-bond donors (Lipinski definition) is 1. The lowest BCUT2D eigenvalue weighted by atomic mass is 9.89. The molecule has 0 unspecified atom stereocenters. The van der Waals surface area contributed by atoms with E-state index >= 15 is 0 Å². The molecule has 0 radical (unpaired) electrons. The van der Waals surface area contributed by atoms with E-state index in [2.05, 4.69) is 5.32 Å². The quantitative estimate of drug-likeness (QED) is 0.651. The predicted molar refractivity (Wildman–Crippen MR) is 90.7 cm³/mol. The number of rotatable bonds is 1. The first kappa shape index (κ1) is 14.2. The van der Waals surface area contributed by atoms with Gasteiger partial charge in [0.15, 0.2) is 5.78 Å². The molecule has 1 aliphatic heterocycles. The van der Waals surface area contributed by atoms with E-state index in [-0.39, 0.29) is 12.2 Å². The lowest BCUT2D eigenvalue weighted by Crippen LogP contribution is -2.24. The number of carbonyl (C=O) groups excluding carboxylic acids is 1. The Balaban J connectivity index is 1.85. The number of anilines is 1. The van der Waals surface area contributed by atoms with Gasteiger partial charge in [-0.2, -0.15) is 0 Å². The van der Waals surface area contributed by atoms with Gasteiger partial charge in [0.1, 0.15) is 5.82 Å². The molecule has 0 saturated heterocycles. The summed E-state index contributed by atoms with van der Waals surface area (Å²) in [5.41, 5.74) is 1.75. The summed E-state index contributed by atoms with van der Waals surface area (Å²) in [5, 5.41) is 5.54. The second kappa shape index (κ2) is 5.36. The number of hydrogen-bond acceptors (Lipinski definition) is 2. The van der Waals surface area contributed by atoms with Gasteiger partial charge in [0.2, 0.25) is 0 Å². The van der Waals surface area contributed by atoms with Crippen molar-refractivity contribution in [2.45, 2.75) is 12.5 Å².